The highest BCUT2D eigenvalue weighted by Gasteiger charge is 1.99. The van der Waals surface area contributed by atoms with Crippen molar-refractivity contribution in [3.05, 3.63) is 29.0 Å². The number of halogens is 1. The van der Waals surface area contributed by atoms with Gasteiger partial charge in [0, 0.05) is 12.6 Å². The van der Waals surface area contributed by atoms with E-state index in [4.69, 9.17) is 16.7 Å². The third-order valence-corrected chi connectivity index (χ3v) is 1.63. The molecule has 0 aromatic carbocycles. The quantitative estimate of drug-likeness (QED) is 0.730. The smallest absolute Gasteiger partial charge is 0.303 e. The van der Waals surface area contributed by atoms with Gasteiger partial charge in [-0.25, -0.2) is 4.98 Å². The summed E-state index contributed by atoms with van der Waals surface area (Å²) in [5, 5.41) is 8.80. The summed E-state index contributed by atoms with van der Waals surface area (Å²) in [4.78, 5) is 14.0. The van der Waals surface area contributed by atoms with Gasteiger partial charge in [-0.05, 0) is 24.1 Å². The van der Waals surface area contributed by atoms with Crippen molar-refractivity contribution in [1.82, 2.24) is 4.98 Å². The maximum Gasteiger partial charge on any atom is 0.303 e. The molecule has 4 heteroatoms. The molecule has 0 aliphatic rings. The summed E-state index contributed by atoms with van der Waals surface area (Å²) in [6.07, 6.45) is 2.19. The molecule has 1 rings (SSSR count). The topological polar surface area (TPSA) is 50.2 Å². The van der Waals surface area contributed by atoms with Gasteiger partial charge >= 0.3 is 5.97 Å². The highest BCUT2D eigenvalue weighted by molar-refractivity contribution is 6.29. The van der Waals surface area contributed by atoms with Gasteiger partial charge in [-0.3, -0.25) is 4.79 Å². The van der Waals surface area contributed by atoms with Crippen LogP contribution in [0.2, 0.25) is 5.15 Å². The lowest BCUT2D eigenvalue weighted by atomic mass is 10.1. The number of rotatable bonds is 3. The molecule has 1 N–H and O–H groups in total. The highest BCUT2D eigenvalue weighted by Crippen LogP contribution is 2.08. The van der Waals surface area contributed by atoms with E-state index in [0.717, 1.165) is 5.56 Å². The van der Waals surface area contributed by atoms with Crippen LogP contribution >= 0.6 is 11.6 Å². The van der Waals surface area contributed by atoms with E-state index in [-0.39, 0.29) is 6.42 Å². The molecule has 0 saturated heterocycles. The van der Waals surface area contributed by atoms with Crippen molar-refractivity contribution in [2.24, 2.45) is 0 Å². The monoisotopic (exact) mass is 185 g/mol. The van der Waals surface area contributed by atoms with Gasteiger partial charge in [0.1, 0.15) is 5.15 Å². The molecule has 12 heavy (non-hydrogen) atoms. The molecule has 1 heterocycles. The van der Waals surface area contributed by atoms with Crippen LogP contribution in [0.1, 0.15) is 12.0 Å². The van der Waals surface area contributed by atoms with E-state index in [1.165, 1.54) is 0 Å². The Labute approximate surface area is 75.0 Å². The summed E-state index contributed by atoms with van der Waals surface area (Å²) in [6.45, 7) is 0. The van der Waals surface area contributed by atoms with E-state index in [0.29, 0.717) is 11.6 Å². The summed E-state index contributed by atoms with van der Waals surface area (Å²) in [7, 11) is 0. The van der Waals surface area contributed by atoms with Gasteiger partial charge in [-0.15, -0.1) is 0 Å². The molecule has 1 aromatic rings. The Morgan fingerprint density at radius 2 is 2.42 bits per heavy atom. The Kier molecular flexibility index (Phi) is 3.05. The summed E-state index contributed by atoms with van der Waals surface area (Å²) in [5.41, 5.74) is 0.900. The number of nitrogens with zero attached hydrogens (tertiary/aromatic N) is 1. The second-order valence-corrected chi connectivity index (χ2v) is 2.77. The number of hydrogen-bond acceptors (Lipinski definition) is 2. The van der Waals surface area contributed by atoms with Crippen LogP contribution in [0.25, 0.3) is 0 Å². The largest absolute Gasteiger partial charge is 0.481 e. The standard InChI is InChI=1S/C8H8ClNO2/c9-7-5-6(3-4-10-7)1-2-8(11)12/h3-5H,1-2H2,(H,11,12). The SMILES string of the molecule is O=C(O)CCc1ccnc(Cl)c1. The van der Waals surface area contributed by atoms with Crippen LogP contribution in [0.5, 0.6) is 0 Å². The van der Waals surface area contributed by atoms with Crippen LogP contribution in [-0.2, 0) is 11.2 Å². The van der Waals surface area contributed by atoms with Crippen molar-refractivity contribution in [3.63, 3.8) is 0 Å². The van der Waals surface area contributed by atoms with Crippen LogP contribution in [0.3, 0.4) is 0 Å². The molecule has 64 valence electrons. The molecule has 0 radical (unpaired) electrons. The van der Waals surface area contributed by atoms with Crippen molar-refractivity contribution < 1.29 is 9.90 Å². The Morgan fingerprint density at radius 1 is 1.67 bits per heavy atom. The van der Waals surface area contributed by atoms with Crippen LogP contribution in [0.15, 0.2) is 18.3 Å². The number of aryl methyl sites for hydroxylation is 1. The molecule has 1 aromatic heterocycles. The summed E-state index contributed by atoms with van der Waals surface area (Å²) in [5.74, 6) is -0.803. The van der Waals surface area contributed by atoms with Crippen molar-refractivity contribution in [2.75, 3.05) is 0 Å². The minimum atomic E-state index is -0.803. The van der Waals surface area contributed by atoms with E-state index < -0.39 is 5.97 Å². The van der Waals surface area contributed by atoms with Gasteiger partial charge < -0.3 is 5.11 Å². The summed E-state index contributed by atoms with van der Waals surface area (Å²) in [6, 6.07) is 3.43. The fraction of sp³-hybridized carbons (Fsp3) is 0.250. The van der Waals surface area contributed by atoms with Crippen molar-refractivity contribution in [1.29, 1.82) is 0 Å². The Balaban J connectivity index is 2.57. The Bertz CT molecular complexity index is 288. The lowest BCUT2D eigenvalue weighted by Crippen LogP contribution is -1.97. The Morgan fingerprint density at radius 3 is 3.00 bits per heavy atom. The first-order valence-corrected chi connectivity index (χ1v) is 3.88. The zero-order valence-corrected chi connectivity index (χ0v) is 7.08. The first-order valence-electron chi connectivity index (χ1n) is 3.50. The van der Waals surface area contributed by atoms with Crippen LogP contribution in [-0.4, -0.2) is 16.1 Å². The Hall–Kier alpha value is -1.09. The highest BCUT2D eigenvalue weighted by atomic mass is 35.5. The molecule has 0 fully saturated rings. The molecule has 0 aliphatic carbocycles. The van der Waals surface area contributed by atoms with Gasteiger partial charge in [0.25, 0.3) is 0 Å². The lowest BCUT2D eigenvalue weighted by Gasteiger charge is -1.97. The predicted octanol–water partition coefficient (Wildman–Crippen LogP) is 1.75. The molecule has 0 unspecified atom stereocenters. The second-order valence-electron chi connectivity index (χ2n) is 2.38. The molecular formula is C8H8ClNO2. The predicted molar refractivity (Wildman–Crippen MR) is 45.2 cm³/mol. The molecule has 0 bridgehead atoms. The number of aliphatic carboxylic acids is 1. The van der Waals surface area contributed by atoms with Gasteiger partial charge in [-0.2, -0.15) is 0 Å². The maximum atomic E-state index is 10.2. The first-order chi connectivity index (χ1) is 5.68. The average Bonchev–Trinajstić information content (AvgIpc) is 2.01. The molecular weight excluding hydrogens is 178 g/mol. The van der Waals surface area contributed by atoms with Crippen LogP contribution < -0.4 is 0 Å². The van der Waals surface area contributed by atoms with Gasteiger partial charge in [0.05, 0.1) is 0 Å². The molecule has 0 spiro atoms. The van der Waals surface area contributed by atoms with E-state index in [9.17, 15) is 4.79 Å². The molecule has 0 amide bonds. The van der Waals surface area contributed by atoms with Gasteiger partial charge in [0.15, 0.2) is 0 Å². The summed E-state index contributed by atoms with van der Waals surface area (Å²) < 4.78 is 0. The van der Waals surface area contributed by atoms with Gasteiger partial charge in [-0.1, -0.05) is 11.6 Å². The van der Waals surface area contributed by atoms with E-state index in [1.807, 2.05) is 0 Å². The number of hydrogen-bond donors (Lipinski definition) is 1. The first kappa shape index (κ1) is 9.00. The van der Waals surface area contributed by atoms with Crippen molar-refractivity contribution in [3.8, 4) is 0 Å². The lowest BCUT2D eigenvalue weighted by molar-refractivity contribution is -0.136. The van der Waals surface area contributed by atoms with Crippen molar-refractivity contribution >= 4 is 17.6 Å². The summed E-state index contributed by atoms with van der Waals surface area (Å²) >= 11 is 5.60. The minimum absolute atomic E-state index is 0.125. The number of carbonyl (C=O) groups is 1. The van der Waals surface area contributed by atoms with Gasteiger partial charge in [0.2, 0.25) is 0 Å². The molecule has 0 atom stereocenters. The number of carboxylic acid groups (broad SMARTS) is 1. The fourth-order valence-electron chi connectivity index (χ4n) is 0.849. The maximum absolute atomic E-state index is 10.2. The zero-order chi connectivity index (χ0) is 8.97. The minimum Gasteiger partial charge on any atom is -0.481 e. The fourth-order valence-corrected chi connectivity index (χ4v) is 1.05. The molecule has 3 nitrogen and oxygen atoms in total. The van der Waals surface area contributed by atoms with Crippen molar-refractivity contribution in [2.45, 2.75) is 12.8 Å². The normalized spacial score (nSPS) is 9.75. The number of carboxylic acids is 1. The van der Waals surface area contributed by atoms with Crippen LogP contribution in [0.4, 0.5) is 0 Å². The van der Waals surface area contributed by atoms with E-state index >= 15 is 0 Å². The van der Waals surface area contributed by atoms with E-state index in [1.54, 1.807) is 18.3 Å². The zero-order valence-electron chi connectivity index (χ0n) is 6.33. The van der Waals surface area contributed by atoms with Crippen LogP contribution in [0, 0.1) is 0 Å². The molecule has 0 saturated carbocycles. The third-order valence-electron chi connectivity index (χ3n) is 1.42. The average molecular weight is 186 g/mol. The van der Waals surface area contributed by atoms with E-state index in [2.05, 4.69) is 4.98 Å². The third kappa shape index (κ3) is 2.88. The number of aromatic nitrogens is 1. The number of pyridine rings is 1. The molecule has 0 aliphatic heterocycles. The second kappa shape index (κ2) is 4.07.